The molecule has 3 nitrogen and oxygen atoms in total. The quantitative estimate of drug-likeness (QED) is 0.247. The van der Waals surface area contributed by atoms with Crippen molar-refractivity contribution in [1.82, 2.24) is 0 Å². The number of halogens is 1. The lowest BCUT2D eigenvalue weighted by Crippen LogP contribution is -2.42. The molecule has 0 amide bonds. The van der Waals surface area contributed by atoms with Crippen molar-refractivity contribution in [2.75, 3.05) is 11.9 Å². The smallest absolute Gasteiger partial charge is 0.192 e. The fraction of sp³-hybridized carbons (Fsp3) is 0.355. The Morgan fingerprint density at radius 2 is 1.53 bits per heavy atom. The minimum Gasteiger partial charge on any atom is -0.488 e. The first kappa shape index (κ1) is 27.5. The number of hydrogen-bond acceptors (Lipinski definition) is 3. The van der Waals surface area contributed by atoms with E-state index in [-0.39, 0.29) is 16.3 Å². The van der Waals surface area contributed by atoms with Crippen LogP contribution in [0.3, 0.4) is 0 Å². The molecule has 0 fully saturated rings. The normalized spacial score (nSPS) is 12.0. The lowest BCUT2D eigenvalue weighted by atomic mass is 9.95. The summed E-state index contributed by atoms with van der Waals surface area (Å²) in [5.74, 6) is 7.25. The Hall–Kier alpha value is -3.07. The van der Waals surface area contributed by atoms with Crippen molar-refractivity contribution in [3.8, 4) is 17.6 Å². The van der Waals surface area contributed by atoms with Crippen LogP contribution in [0.15, 0.2) is 72.8 Å². The lowest BCUT2D eigenvalue weighted by Gasteiger charge is -2.38. The summed E-state index contributed by atoms with van der Waals surface area (Å²) < 4.78 is 26.1. The van der Waals surface area contributed by atoms with Crippen molar-refractivity contribution in [2.24, 2.45) is 5.41 Å². The monoisotopic (exact) mass is 503 g/mol. The van der Waals surface area contributed by atoms with Crippen molar-refractivity contribution >= 4 is 19.7 Å². The minimum absolute atomic E-state index is 0.140. The van der Waals surface area contributed by atoms with E-state index >= 15 is 0 Å². The van der Waals surface area contributed by atoms with Gasteiger partial charge in [0.1, 0.15) is 18.2 Å². The Morgan fingerprint density at radius 3 is 2.17 bits per heavy atom. The topological polar surface area (TPSA) is 30.5 Å². The SMILES string of the molecule is CC(C)(C#Cc1c(Nc2ccc(F)cc2)cccc1OCc1ccccc1)CO[Si](C)(C)C(C)(C)C. The summed E-state index contributed by atoms with van der Waals surface area (Å²) in [6.45, 7) is 16.4. The van der Waals surface area contributed by atoms with Gasteiger partial charge >= 0.3 is 0 Å². The molecule has 36 heavy (non-hydrogen) atoms. The largest absolute Gasteiger partial charge is 0.488 e. The van der Waals surface area contributed by atoms with Crippen LogP contribution in [0.2, 0.25) is 18.1 Å². The van der Waals surface area contributed by atoms with Gasteiger partial charge in [-0.25, -0.2) is 4.39 Å². The Kier molecular flexibility index (Phi) is 8.66. The molecule has 3 aromatic rings. The highest BCUT2D eigenvalue weighted by Gasteiger charge is 2.38. The van der Waals surface area contributed by atoms with E-state index in [2.05, 4.69) is 64.9 Å². The molecule has 0 saturated heterocycles. The second-order valence-electron chi connectivity index (χ2n) is 11.3. The van der Waals surface area contributed by atoms with Crippen LogP contribution in [-0.4, -0.2) is 14.9 Å². The molecule has 0 saturated carbocycles. The van der Waals surface area contributed by atoms with E-state index in [1.54, 1.807) is 12.1 Å². The molecule has 0 aliphatic heterocycles. The molecule has 0 aliphatic rings. The van der Waals surface area contributed by atoms with Crippen LogP contribution in [0.5, 0.6) is 5.75 Å². The van der Waals surface area contributed by atoms with E-state index in [1.807, 2.05) is 48.5 Å². The molecule has 0 radical (unpaired) electrons. The third kappa shape index (κ3) is 7.71. The standard InChI is InChI=1S/C31H38FNO2Si/c1-30(2,3)36(6,7)35-23-31(4,5)21-20-27-28(33-26-18-16-25(32)17-19-26)14-11-15-29(27)34-22-24-12-9-8-10-13-24/h8-19,33H,22-23H2,1-7H3. The lowest BCUT2D eigenvalue weighted by molar-refractivity contribution is 0.209. The van der Waals surface area contributed by atoms with E-state index in [1.165, 1.54) is 12.1 Å². The highest BCUT2D eigenvalue weighted by molar-refractivity contribution is 6.74. The summed E-state index contributed by atoms with van der Waals surface area (Å²) in [7, 11) is -1.89. The Labute approximate surface area is 217 Å². The molecule has 0 atom stereocenters. The first-order chi connectivity index (χ1) is 16.9. The summed E-state index contributed by atoms with van der Waals surface area (Å²) in [4.78, 5) is 0. The number of nitrogens with one attached hydrogen (secondary N) is 1. The van der Waals surface area contributed by atoms with Gasteiger partial charge in [-0.15, -0.1) is 0 Å². The zero-order valence-corrected chi connectivity index (χ0v) is 23.5. The van der Waals surface area contributed by atoms with E-state index < -0.39 is 8.32 Å². The molecule has 0 spiro atoms. The Balaban J connectivity index is 1.90. The molecule has 0 bridgehead atoms. The van der Waals surface area contributed by atoms with Crippen molar-refractivity contribution in [2.45, 2.75) is 59.4 Å². The van der Waals surface area contributed by atoms with E-state index in [0.717, 1.165) is 22.5 Å². The summed E-state index contributed by atoms with van der Waals surface area (Å²) in [5, 5.41) is 3.52. The van der Waals surface area contributed by atoms with Crippen molar-refractivity contribution < 1.29 is 13.6 Å². The van der Waals surface area contributed by atoms with Crippen molar-refractivity contribution in [3.63, 3.8) is 0 Å². The third-order valence-electron chi connectivity index (χ3n) is 6.51. The minimum atomic E-state index is -1.89. The van der Waals surface area contributed by atoms with Gasteiger partial charge in [0, 0.05) is 17.7 Å². The maximum atomic E-state index is 13.4. The van der Waals surface area contributed by atoms with Gasteiger partial charge in [0.05, 0.1) is 11.3 Å². The molecule has 1 N–H and O–H groups in total. The van der Waals surface area contributed by atoms with Gasteiger partial charge < -0.3 is 14.5 Å². The van der Waals surface area contributed by atoms with Gasteiger partial charge in [-0.3, -0.25) is 0 Å². The molecule has 3 aromatic carbocycles. The van der Waals surface area contributed by atoms with Gasteiger partial charge in [0.15, 0.2) is 8.32 Å². The number of ether oxygens (including phenoxy) is 1. The molecule has 0 aliphatic carbocycles. The van der Waals surface area contributed by atoms with Crippen LogP contribution in [-0.2, 0) is 11.0 Å². The van der Waals surface area contributed by atoms with Crippen LogP contribution in [0.1, 0.15) is 45.7 Å². The maximum Gasteiger partial charge on any atom is 0.192 e. The number of hydrogen-bond donors (Lipinski definition) is 1. The molecule has 5 heteroatoms. The van der Waals surface area contributed by atoms with Crippen LogP contribution in [0, 0.1) is 23.1 Å². The average Bonchev–Trinajstić information content (AvgIpc) is 2.82. The first-order valence-electron chi connectivity index (χ1n) is 12.4. The predicted octanol–water partition coefficient (Wildman–Crippen LogP) is 8.55. The van der Waals surface area contributed by atoms with Gasteiger partial charge in [0.25, 0.3) is 0 Å². The molecule has 0 unspecified atom stereocenters. The van der Waals surface area contributed by atoms with Crippen LogP contribution in [0.25, 0.3) is 0 Å². The van der Waals surface area contributed by atoms with Crippen LogP contribution < -0.4 is 10.1 Å². The second kappa shape index (κ2) is 11.3. The van der Waals surface area contributed by atoms with Gasteiger partial charge in [-0.1, -0.05) is 69.0 Å². The third-order valence-corrected chi connectivity index (χ3v) is 11.0. The Bertz CT molecular complexity index is 1200. The molecular formula is C31H38FNO2Si. The molecule has 0 heterocycles. The predicted molar refractivity (Wildman–Crippen MR) is 151 cm³/mol. The summed E-state index contributed by atoms with van der Waals surface area (Å²) in [6.07, 6.45) is 0. The van der Waals surface area contributed by atoms with E-state index in [0.29, 0.717) is 19.0 Å². The van der Waals surface area contributed by atoms with E-state index in [9.17, 15) is 4.39 Å². The van der Waals surface area contributed by atoms with Gasteiger partial charge in [-0.05, 0) is 73.9 Å². The molecule has 190 valence electrons. The Morgan fingerprint density at radius 1 is 0.861 bits per heavy atom. The van der Waals surface area contributed by atoms with Gasteiger partial charge in [0.2, 0.25) is 0 Å². The molecular weight excluding hydrogens is 465 g/mol. The number of benzene rings is 3. The summed E-state index contributed by atoms with van der Waals surface area (Å²) >= 11 is 0. The zero-order valence-electron chi connectivity index (χ0n) is 22.5. The van der Waals surface area contributed by atoms with Crippen LogP contribution in [0.4, 0.5) is 15.8 Å². The summed E-state index contributed by atoms with van der Waals surface area (Å²) in [5.41, 5.74) is 3.07. The van der Waals surface area contributed by atoms with E-state index in [4.69, 9.17) is 9.16 Å². The highest BCUT2D eigenvalue weighted by atomic mass is 28.4. The fourth-order valence-corrected chi connectivity index (χ4v) is 4.31. The maximum absolute atomic E-state index is 13.4. The number of rotatable bonds is 8. The molecule has 3 rings (SSSR count). The zero-order chi connectivity index (χ0) is 26.4. The van der Waals surface area contributed by atoms with Crippen molar-refractivity contribution in [3.05, 3.63) is 89.7 Å². The van der Waals surface area contributed by atoms with Crippen molar-refractivity contribution in [1.29, 1.82) is 0 Å². The first-order valence-corrected chi connectivity index (χ1v) is 15.3. The second-order valence-corrected chi connectivity index (χ2v) is 16.1. The highest BCUT2D eigenvalue weighted by Crippen LogP contribution is 2.37. The number of anilines is 2. The summed E-state index contributed by atoms with van der Waals surface area (Å²) in [6, 6.07) is 22.2. The molecule has 0 aromatic heterocycles. The fourth-order valence-electron chi connectivity index (χ4n) is 3.15. The average molecular weight is 504 g/mol. The van der Waals surface area contributed by atoms with Crippen LogP contribution >= 0.6 is 0 Å². The van der Waals surface area contributed by atoms with Gasteiger partial charge in [-0.2, -0.15) is 0 Å².